The van der Waals surface area contributed by atoms with E-state index in [0.717, 1.165) is 17.9 Å². The molecule has 1 atom stereocenters. The van der Waals surface area contributed by atoms with Gasteiger partial charge in [0.1, 0.15) is 12.7 Å². The van der Waals surface area contributed by atoms with Gasteiger partial charge in [0.2, 0.25) is 0 Å². The molecule has 1 amide bonds. The molecule has 0 radical (unpaired) electrons. The van der Waals surface area contributed by atoms with Crippen LogP contribution in [0.2, 0.25) is 0 Å². The second kappa shape index (κ2) is 7.31. The number of hydrogen-bond acceptors (Lipinski definition) is 4. The maximum Gasteiger partial charge on any atom is 0.251 e. The zero-order valence-electron chi connectivity index (χ0n) is 14.2. The fourth-order valence-corrected chi connectivity index (χ4v) is 2.82. The predicted octanol–water partition coefficient (Wildman–Crippen LogP) is 2.50. The third kappa shape index (κ3) is 3.69. The molecule has 0 spiro atoms. The van der Waals surface area contributed by atoms with Crippen LogP contribution in [0.5, 0.6) is 11.5 Å². The quantitative estimate of drug-likeness (QED) is 0.769. The van der Waals surface area contributed by atoms with Crippen molar-refractivity contribution in [3.8, 4) is 11.5 Å². The van der Waals surface area contributed by atoms with E-state index in [1.54, 1.807) is 12.5 Å². The van der Waals surface area contributed by atoms with Gasteiger partial charge < -0.3 is 19.4 Å². The summed E-state index contributed by atoms with van der Waals surface area (Å²) < 4.78 is 13.5. The summed E-state index contributed by atoms with van der Waals surface area (Å²) in [6.45, 7) is 1.54. The number of amides is 1. The number of imidazole rings is 1. The summed E-state index contributed by atoms with van der Waals surface area (Å²) in [5, 5.41) is 2.91. The molecule has 1 aliphatic heterocycles. The molecule has 1 N–H and O–H groups in total. The maximum atomic E-state index is 12.3. The lowest BCUT2D eigenvalue weighted by Crippen LogP contribution is -2.40. The Morgan fingerprint density at radius 1 is 1.15 bits per heavy atom. The van der Waals surface area contributed by atoms with Crippen LogP contribution < -0.4 is 14.8 Å². The molecule has 2 heterocycles. The van der Waals surface area contributed by atoms with Crippen LogP contribution in [0.1, 0.15) is 15.9 Å². The Morgan fingerprint density at radius 2 is 1.96 bits per heavy atom. The van der Waals surface area contributed by atoms with Gasteiger partial charge in [-0.2, -0.15) is 0 Å². The van der Waals surface area contributed by atoms with Crippen LogP contribution in [0.15, 0.2) is 67.3 Å². The van der Waals surface area contributed by atoms with Crippen LogP contribution in [0.4, 0.5) is 0 Å². The van der Waals surface area contributed by atoms with Crippen molar-refractivity contribution in [1.82, 2.24) is 14.9 Å². The molecule has 1 aliphatic rings. The predicted molar refractivity (Wildman–Crippen MR) is 96.5 cm³/mol. The number of nitrogens with zero attached hydrogens (tertiary/aromatic N) is 2. The van der Waals surface area contributed by atoms with Gasteiger partial charge in [-0.25, -0.2) is 4.98 Å². The summed E-state index contributed by atoms with van der Waals surface area (Å²) in [5.74, 6) is 1.33. The molecule has 0 bridgehead atoms. The van der Waals surface area contributed by atoms with Gasteiger partial charge in [0.05, 0.1) is 12.9 Å². The van der Waals surface area contributed by atoms with Crippen molar-refractivity contribution in [2.24, 2.45) is 0 Å². The number of benzene rings is 2. The summed E-state index contributed by atoms with van der Waals surface area (Å²) in [6.07, 6.45) is 5.22. The molecule has 6 heteroatoms. The lowest BCUT2D eigenvalue weighted by molar-refractivity contribution is 0.0789. The first-order valence-electron chi connectivity index (χ1n) is 8.49. The average molecular weight is 349 g/mol. The molecular formula is C20H19N3O3. The summed E-state index contributed by atoms with van der Waals surface area (Å²) in [5.41, 5.74) is 1.73. The number of para-hydroxylation sites is 2. The Balaban J connectivity index is 1.31. The van der Waals surface area contributed by atoms with Crippen LogP contribution in [0, 0.1) is 0 Å². The van der Waals surface area contributed by atoms with Crippen LogP contribution in [0.25, 0.3) is 0 Å². The molecule has 0 aliphatic carbocycles. The second-order valence-corrected chi connectivity index (χ2v) is 6.14. The first-order valence-corrected chi connectivity index (χ1v) is 8.49. The highest BCUT2D eigenvalue weighted by Crippen LogP contribution is 2.30. The minimum Gasteiger partial charge on any atom is -0.486 e. The topological polar surface area (TPSA) is 65.4 Å². The first-order chi connectivity index (χ1) is 12.8. The van der Waals surface area contributed by atoms with E-state index in [0.29, 0.717) is 24.5 Å². The number of carbonyl (C=O) groups is 1. The number of ether oxygens (including phenoxy) is 2. The zero-order valence-corrected chi connectivity index (χ0v) is 14.2. The Labute approximate surface area is 151 Å². The first kappa shape index (κ1) is 16.2. The van der Waals surface area contributed by atoms with Crippen molar-refractivity contribution < 1.29 is 14.3 Å². The highest BCUT2D eigenvalue weighted by molar-refractivity contribution is 5.94. The van der Waals surface area contributed by atoms with Crippen LogP contribution in [-0.2, 0) is 6.54 Å². The lowest BCUT2D eigenvalue weighted by Gasteiger charge is -2.26. The molecule has 132 valence electrons. The fourth-order valence-electron chi connectivity index (χ4n) is 2.82. The van der Waals surface area contributed by atoms with Crippen molar-refractivity contribution in [2.75, 3.05) is 13.2 Å². The van der Waals surface area contributed by atoms with Gasteiger partial charge >= 0.3 is 0 Å². The fraction of sp³-hybridized carbons (Fsp3) is 0.200. The molecule has 2 aromatic carbocycles. The van der Waals surface area contributed by atoms with E-state index in [4.69, 9.17) is 9.47 Å². The van der Waals surface area contributed by atoms with Crippen LogP contribution >= 0.6 is 0 Å². The molecule has 3 aromatic rings. The number of aromatic nitrogens is 2. The molecule has 0 unspecified atom stereocenters. The average Bonchev–Trinajstić information content (AvgIpc) is 3.19. The van der Waals surface area contributed by atoms with E-state index in [-0.39, 0.29) is 12.0 Å². The highest BCUT2D eigenvalue weighted by Gasteiger charge is 2.21. The molecule has 4 rings (SSSR count). The van der Waals surface area contributed by atoms with E-state index >= 15 is 0 Å². The third-order valence-corrected chi connectivity index (χ3v) is 4.20. The molecule has 0 fully saturated rings. The monoisotopic (exact) mass is 349 g/mol. The standard InChI is InChI=1S/C20H19N3O3/c24-20(16-7-5-15(6-8-16)12-23-10-9-21-14-23)22-11-17-13-25-18-3-1-2-4-19(18)26-17/h1-10,14,17H,11-13H2,(H,22,24)/t17-/m0/s1. The molecular weight excluding hydrogens is 330 g/mol. The van der Waals surface area contributed by atoms with E-state index in [9.17, 15) is 4.79 Å². The number of hydrogen-bond donors (Lipinski definition) is 1. The van der Waals surface area contributed by atoms with E-state index in [1.165, 1.54) is 0 Å². The number of fused-ring (bicyclic) bond motifs is 1. The normalized spacial score (nSPS) is 15.5. The molecule has 0 saturated carbocycles. The summed E-state index contributed by atoms with van der Waals surface area (Å²) >= 11 is 0. The molecule has 1 aromatic heterocycles. The van der Waals surface area contributed by atoms with Gasteiger partial charge in [-0.05, 0) is 29.8 Å². The van der Waals surface area contributed by atoms with Crippen molar-refractivity contribution in [3.63, 3.8) is 0 Å². The number of rotatable bonds is 5. The smallest absolute Gasteiger partial charge is 0.251 e. The van der Waals surface area contributed by atoms with Crippen molar-refractivity contribution in [3.05, 3.63) is 78.4 Å². The summed E-state index contributed by atoms with van der Waals surface area (Å²) in [7, 11) is 0. The Morgan fingerprint density at radius 3 is 2.73 bits per heavy atom. The van der Waals surface area contributed by atoms with E-state index in [2.05, 4.69) is 10.3 Å². The maximum absolute atomic E-state index is 12.3. The second-order valence-electron chi connectivity index (χ2n) is 6.14. The largest absolute Gasteiger partial charge is 0.486 e. The van der Waals surface area contributed by atoms with E-state index in [1.807, 2.05) is 59.3 Å². The number of carbonyl (C=O) groups excluding carboxylic acids is 1. The summed E-state index contributed by atoms with van der Waals surface area (Å²) in [4.78, 5) is 16.4. The molecule has 0 saturated heterocycles. The van der Waals surface area contributed by atoms with Crippen LogP contribution in [-0.4, -0.2) is 34.7 Å². The van der Waals surface area contributed by atoms with Gasteiger partial charge in [0.25, 0.3) is 5.91 Å². The van der Waals surface area contributed by atoms with Gasteiger partial charge in [0.15, 0.2) is 11.5 Å². The minimum atomic E-state index is -0.200. The Bertz CT molecular complexity index is 876. The zero-order chi connectivity index (χ0) is 17.8. The van der Waals surface area contributed by atoms with Gasteiger partial charge in [-0.15, -0.1) is 0 Å². The van der Waals surface area contributed by atoms with Gasteiger partial charge in [0, 0.05) is 24.5 Å². The lowest BCUT2D eigenvalue weighted by atomic mass is 10.1. The Kier molecular flexibility index (Phi) is 4.55. The van der Waals surface area contributed by atoms with Crippen molar-refractivity contribution >= 4 is 5.91 Å². The van der Waals surface area contributed by atoms with E-state index < -0.39 is 0 Å². The Hall–Kier alpha value is -3.28. The van der Waals surface area contributed by atoms with Gasteiger partial charge in [-0.1, -0.05) is 24.3 Å². The molecule has 26 heavy (non-hydrogen) atoms. The minimum absolute atomic E-state index is 0.123. The SMILES string of the molecule is O=C(NC[C@H]1COc2ccccc2O1)c1ccc(Cn2ccnc2)cc1. The van der Waals surface area contributed by atoms with Crippen molar-refractivity contribution in [1.29, 1.82) is 0 Å². The van der Waals surface area contributed by atoms with Gasteiger partial charge in [-0.3, -0.25) is 4.79 Å². The highest BCUT2D eigenvalue weighted by atomic mass is 16.6. The third-order valence-electron chi connectivity index (χ3n) is 4.20. The molecule has 6 nitrogen and oxygen atoms in total. The van der Waals surface area contributed by atoms with Crippen LogP contribution in [0.3, 0.4) is 0 Å². The number of nitrogens with one attached hydrogen (secondary N) is 1. The van der Waals surface area contributed by atoms with Crippen molar-refractivity contribution in [2.45, 2.75) is 12.6 Å². The summed E-state index contributed by atoms with van der Waals surface area (Å²) in [6, 6.07) is 15.1.